The molecular formula is C13H15BrN2. The average molecular weight is 279 g/mol. The van der Waals surface area contributed by atoms with Crippen molar-refractivity contribution in [3.8, 4) is 0 Å². The summed E-state index contributed by atoms with van der Waals surface area (Å²) in [6.07, 6.45) is 5.63. The summed E-state index contributed by atoms with van der Waals surface area (Å²) in [5.74, 6) is 1.57. The fraction of sp³-hybridized carbons (Fsp3) is 0.462. The van der Waals surface area contributed by atoms with Gasteiger partial charge < -0.3 is 5.32 Å². The molecule has 3 heteroatoms. The highest BCUT2D eigenvalue weighted by molar-refractivity contribution is 9.10. The summed E-state index contributed by atoms with van der Waals surface area (Å²) in [6.45, 7) is 4.42. The van der Waals surface area contributed by atoms with Gasteiger partial charge in [-0.25, -0.2) is 4.98 Å². The Morgan fingerprint density at radius 1 is 1.44 bits per heavy atom. The Labute approximate surface area is 104 Å². The van der Waals surface area contributed by atoms with E-state index >= 15 is 0 Å². The van der Waals surface area contributed by atoms with Crippen LogP contribution in [-0.2, 0) is 0 Å². The van der Waals surface area contributed by atoms with Gasteiger partial charge in [0.1, 0.15) is 4.60 Å². The van der Waals surface area contributed by atoms with Gasteiger partial charge >= 0.3 is 0 Å². The molecule has 1 N–H and O–H groups in total. The first-order valence-electron chi connectivity index (χ1n) is 5.78. The first-order valence-corrected chi connectivity index (χ1v) is 6.57. The third-order valence-electron chi connectivity index (χ3n) is 3.67. The van der Waals surface area contributed by atoms with Crippen molar-refractivity contribution >= 4 is 21.5 Å². The van der Waals surface area contributed by atoms with Crippen LogP contribution in [0.1, 0.15) is 17.5 Å². The summed E-state index contributed by atoms with van der Waals surface area (Å²) >= 11 is 3.45. The number of rotatable bonds is 1. The number of hydrogen-bond donors (Lipinski definition) is 1. The molecule has 1 fully saturated rings. The molecule has 0 bridgehead atoms. The lowest BCUT2D eigenvalue weighted by Gasteiger charge is -2.07. The monoisotopic (exact) mass is 278 g/mol. The molecule has 2 nitrogen and oxygen atoms in total. The predicted octanol–water partition coefficient (Wildman–Crippen LogP) is 2.78. The average Bonchev–Trinajstić information content (AvgIpc) is 2.81. The number of allylic oxidation sites excluding steroid dienone is 1. The van der Waals surface area contributed by atoms with Crippen molar-refractivity contribution in [2.45, 2.75) is 13.3 Å². The molecule has 1 aromatic heterocycles. The zero-order valence-corrected chi connectivity index (χ0v) is 10.9. The lowest BCUT2D eigenvalue weighted by Crippen LogP contribution is -2.09. The van der Waals surface area contributed by atoms with E-state index in [-0.39, 0.29) is 0 Å². The fourth-order valence-corrected chi connectivity index (χ4v) is 2.95. The first-order chi connectivity index (χ1) is 7.74. The Balaban J connectivity index is 1.90. The third kappa shape index (κ3) is 1.72. The van der Waals surface area contributed by atoms with Gasteiger partial charge in [-0.3, -0.25) is 0 Å². The van der Waals surface area contributed by atoms with Crippen molar-refractivity contribution in [3.05, 3.63) is 34.1 Å². The summed E-state index contributed by atoms with van der Waals surface area (Å²) in [6, 6.07) is 2.23. The van der Waals surface area contributed by atoms with Gasteiger partial charge in [-0.05, 0) is 70.4 Å². The molecule has 0 amide bonds. The van der Waals surface area contributed by atoms with Crippen LogP contribution in [0.3, 0.4) is 0 Å². The minimum Gasteiger partial charge on any atom is -0.316 e. The maximum Gasteiger partial charge on any atom is 0.109 e. The van der Waals surface area contributed by atoms with Crippen LogP contribution in [0.2, 0.25) is 0 Å². The van der Waals surface area contributed by atoms with E-state index < -0.39 is 0 Å². The SMILES string of the molecule is Cc1cc(C2=C[C@@H]3CNC[C@@H]3C2)cnc1Br. The number of fused-ring (bicyclic) bond motifs is 1. The number of hydrogen-bond acceptors (Lipinski definition) is 2. The van der Waals surface area contributed by atoms with E-state index in [9.17, 15) is 0 Å². The largest absolute Gasteiger partial charge is 0.316 e. The van der Waals surface area contributed by atoms with Crippen molar-refractivity contribution in [1.82, 2.24) is 10.3 Å². The summed E-state index contributed by atoms with van der Waals surface area (Å²) in [7, 11) is 0. The van der Waals surface area contributed by atoms with Crippen LogP contribution >= 0.6 is 15.9 Å². The quantitative estimate of drug-likeness (QED) is 0.800. The molecule has 84 valence electrons. The summed E-state index contributed by atoms with van der Waals surface area (Å²) < 4.78 is 0.955. The van der Waals surface area contributed by atoms with E-state index in [2.05, 4.69) is 45.3 Å². The molecule has 0 aromatic carbocycles. The second-order valence-electron chi connectivity index (χ2n) is 4.81. The third-order valence-corrected chi connectivity index (χ3v) is 4.50. The first kappa shape index (κ1) is 10.5. The van der Waals surface area contributed by atoms with Crippen LogP contribution in [0, 0.1) is 18.8 Å². The molecule has 2 aliphatic rings. The lowest BCUT2D eigenvalue weighted by atomic mass is 9.98. The smallest absolute Gasteiger partial charge is 0.109 e. The zero-order chi connectivity index (χ0) is 11.1. The van der Waals surface area contributed by atoms with E-state index in [1.54, 1.807) is 0 Å². The molecule has 1 saturated heterocycles. The molecule has 16 heavy (non-hydrogen) atoms. The van der Waals surface area contributed by atoms with Gasteiger partial charge in [0.05, 0.1) is 0 Å². The minimum absolute atomic E-state index is 0.749. The number of nitrogens with zero attached hydrogens (tertiary/aromatic N) is 1. The van der Waals surface area contributed by atoms with Crippen molar-refractivity contribution in [2.75, 3.05) is 13.1 Å². The molecule has 3 rings (SSSR count). The van der Waals surface area contributed by atoms with Gasteiger partial charge in [0.2, 0.25) is 0 Å². The van der Waals surface area contributed by atoms with Gasteiger partial charge in [-0.15, -0.1) is 0 Å². The minimum atomic E-state index is 0.749. The van der Waals surface area contributed by atoms with Gasteiger partial charge in [0.25, 0.3) is 0 Å². The second-order valence-corrected chi connectivity index (χ2v) is 5.56. The van der Waals surface area contributed by atoms with Crippen molar-refractivity contribution in [3.63, 3.8) is 0 Å². The second kappa shape index (κ2) is 3.97. The van der Waals surface area contributed by atoms with Crippen molar-refractivity contribution < 1.29 is 0 Å². The number of pyridine rings is 1. The molecule has 1 aromatic rings. The zero-order valence-electron chi connectivity index (χ0n) is 9.33. The van der Waals surface area contributed by atoms with Gasteiger partial charge in [0.15, 0.2) is 0 Å². The van der Waals surface area contributed by atoms with Crippen LogP contribution in [0.5, 0.6) is 0 Å². The van der Waals surface area contributed by atoms with Crippen molar-refractivity contribution in [2.24, 2.45) is 11.8 Å². The van der Waals surface area contributed by atoms with E-state index in [0.717, 1.165) is 23.0 Å². The summed E-state index contributed by atoms with van der Waals surface area (Å²) in [5, 5.41) is 3.45. The normalized spacial score (nSPS) is 28.0. The predicted molar refractivity (Wildman–Crippen MR) is 69.1 cm³/mol. The van der Waals surface area contributed by atoms with Crippen LogP contribution in [0.15, 0.2) is 22.9 Å². The molecule has 0 spiro atoms. The molecule has 0 radical (unpaired) electrons. The summed E-state index contributed by atoms with van der Waals surface area (Å²) in [4.78, 5) is 4.38. The van der Waals surface area contributed by atoms with Gasteiger partial charge in [-0.2, -0.15) is 0 Å². The Hall–Kier alpha value is -0.670. The Morgan fingerprint density at radius 2 is 2.31 bits per heavy atom. The fourth-order valence-electron chi connectivity index (χ4n) is 2.73. The number of aromatic nitrogens is 1. The lowest BCUT2D eigenvalue weighted by molar-refractivity contribution is 0.536. The van der Waals surface area contributed by atoms with Crippen LogP contribution in [-0.4, -0.2) is 18.1 Å². The molecule has 0 saturated carbocycles. The maximum absolute atomic E-state index is 4.38. The van der Waals surface area contributed by atoms with Gasteiger partial charge in [-0.1, -0.05) is 6.08 Å². The molecule has 0 unspecified atom stereocenters. The topological polar surface area (TPSA) is 24.9 Å². The van der Waals surface area contributed by atoms with Crippen LogP contribution < -0.4 is 5.32 Å². The van der Waals surface area contributed by atoms with E-state index in [4.69, 9.17) is 0 Å². The highest BCUT2D eigenvalue weighted by atomic mass is 79.9. The van der Waals surface area contributed by atoms with Crippen molar-refractivity contribution in [1.29, 1.82) is 0 Å². The molecular weight excluding hydrogens is 264 g/mol. The Kier molecular flexibility index (Phi) is 2.60. The van der Waals surface area contributed by atoms with Crippen LogP contribution in [0.25, 0.3) is 5.57 Å². The number of nitrogens with one attached hydrogen (secondary N) is 1. The molecule has 2 atom stereocenters. The number of halogens is 1. The van der Waals surface area contributed by atoms with E-state index in [1.807, 2.05) is 6.20 Å². The summed E-state index contributed by atoms with van der Waals surface area (Å²) in [5.41, 5.74) is 4.00. The van der Waals surface area contributed by atoms with E-state index in [1.165, 1.54) is 29.7 Å². The van der Waals surface area contributed by atoms with E-state index in [0.29, 0.717) is 0 Å². The maximum atomic E-state index is 4.38. The Bertz CT molecular complexity index is 453. The van der Waals surface area contributed by atoms with Crippen LogP contribution in [0.4, 0.5) is 0 Å². The standard InChI is InChI=1S/C13H15BrN2/c1-8-2-10(7-16-13(8)14)9-3-11-5-15-6-12(11)4-9/h2-3,7,11-12,15H,4-6H2,1H3/t11-,12+/m1/s1. The highest BCUT2D eigenvalue weighted by Crippen LogP contribution is 2.38. The Morgan fingerprint density at radius 3 is 3.06 bits per heavy atom. The number of aryl methyl sites for hydroxylation is 1. The highest BCUT2D eigenvalue weighted by Gasteiger charge is 2.31. The molecule has 1 aliphatic carbocycles. The molecule has 1 aliphatic heterocycles. The molecule has 2 heterocycles. The van der Waals surface area contributed by atoms with Gasteiger partial charge in [0, 0.05) is 12.7 Å².